The van der Waals surface area contributed by atoms with Crippen LogP contribution >= 0.6 is 11.3 Å². The third-order valence-corrected chi connectivity index (χ3v) is 5.10. The third-order valence-electron chi connectivity index (χ3n) is 4.19. The number of fused-ring (bicyclic) bond motifs is 1. The Morgan fingerprint density at radius 1 is 1.22 bits per heavy atom. The highest BCUT2D eigenvalue weighted by Crippen LogP contribution is 2.29. The van der Waals surface area contributed by atoms with Crippen LogP contribution < -0.4 is 15.4 Å². The Kier molecular flexibility index (Phi) is 4.76. The Morgan fingerprint density at radius 3 is 3.04 bits per heavy atom. The molecule has 27 heavy (non-hydrogen) atoms. The minimum absolute atomic E-state index is 0.116. The van der Waals surface area contributed by atoms with Crippen LogP contribution in [0, 0.1) is 0 Å². The highest BCUT2D eigenvalue weighted by atomic mass is 32.1. The van der Waals surface area contributed by atoms with E-state index in [1.54, 1.807) is 13.3 Å². The maximum absolute atomic E-state index is 12.7. The quantitative estimate of drug-likeness (QED) is 0.467. The van der Waals surface area contributed by atoms with E-state index in [2.05, 4.69) is 20.6 Å². The van der Waals surface area contributed by atoms with Crippen molar-refractivity contribution in [2.45, 2.75) is 6.54 Å². The predicted molar refractivity (Wildman–Crippen MR) is 108 cm³/mol. The lowest BCUT2D eigenvalue weighted by molar-refractivity contribution is 0.0955. The highest BCUT2D eigenvalue weighted by molar-refractivity contribution is 7.12. The van der Waals surface area contributed by atoms with E-state index in [1.165, 1.54) is 11.3 Å². The lowest BCUT2D eigenvalue weighted by atomic mass is 10.2. The second kappa shape index (κ2) is 7.51. The van der Waals surface area contributed by atoms with Crippen molar-refractivity contribution in [3.8, 4) is 5.75 Å². The van der Waals surface area contributed by atoms with Crippen molar-refractivity contribution >= 4 is 39.7 Å². The molecule has 7 heteroatoms. The first-order chi connectivity index (χ1) is 13.2. The molecule has 6 nitrogen and oxygen atoms in total. The molecule has 0 aliphatic carbocycles. The normalized spacial score (nSPS) is 10.7. The van der Waals surface area contributed by atoms with Crippen molar-refractivity contribution in [2.24, 2.45) is 0 Å². The van der Waals surface area contributed by atoms with Crippen LogP contribution in [-0.2, 0) is 6.54 Å². The average molecular weight is 378 g/mol. The lowest BCUT2D eigenvalue weighted by Gasteiger charge is -2.10. The number of aromatic amines is 1. The van der Waals surface area contributed by atoms with Crippen molar-refractivity contribution < 1.29 is 9.53 Å². The third kappa shape index (κ3) is 3.63. The molecule has 0 spiro atoms. The Labute approximate surface area is 160 Å². The van der Waals surface area contributed by atoms with Crippen LogP contribution in [0.2, 0.25) is 0 Å². The number of anilines is 2. The van der Waals surface area contributed by atoms with E-state index in [0.717, 1.165) is 33.7 Å². The average Bonchev–Trinajstić information content (AvgIpc) is 3.36. The molecule has 0 saturated heterocycles. The number of hydrogen-bond donors (Lipinski definition) is 3. The minimum atomic E-state index is -0.116. The van der Waals surface area contributed by atoms with Gasteiger partial charge < -0.3 is 20.4 Å². The Balaban J connectivity index is 1.49. The summed E-state index contributed by atoms with van der Waals surface area (Å²) in [7, 11) is 1.63. The minimum Gasteiger partial charge on any atom is -0.497 e. The van der Waals surface area contributed by atoms with Gasteiger partial charge in [0.05, 0.1) is 18.5 Å². The number of ether oxygens (including phenoxy) is 1. The van der Waals surface area contributed by atoms with Gasteiger partial charge in [0.1, 0.15) is 16.3 Å². The molecule has 0 saturated carbocycles. The molecule has 0 bridgehead atoms. The molecule has 136 valence electrons. The topological polar surface area (TPSA) is 79.0 Å². The summed E-state index contributed by atoms with van der Waals surface area (Å²) in [6.45, 7) is 0.435. The van der Waals surface area contributed by atoms with Crippen LogP contribution in [0.1, 0.15) is 15.2 Å². The molecular weight excluding hydrogens is 360 g/mol. The maximum atomic E-state index is 12.7. The van der Waals surface area contributed by atoms with Crippen LogP contribution in [0.15, 0.2) is 60.2 Å². The molecule has 0 unspecified atom stereocenters. The van der Waals surface area contributed by atoms with E-state index in [0.29, 0.717) is 11.4 Å². The smallest absolute Gasteiger partial charge is 0.263 e. The van der Waals surface area contributed by atoms with Crippen molar-refractivity contribution in [3.63, 3.8) is 0 Å². The number of hydrogen-bond acceptors (Lipinski definition) is 5. The number of carbonyl (C=O) groups is 1. The predicted octanol–water partition coefficient (Wildman–Crippen LogP) is 4.31. The fourth-order valence-electron chi connectivity index (χ4n) is 2.84. The van der Waals surface area contributed by atoms with E-state index in [4.69, 9.17) is 4.74 Å². The van der Waals surface area contributed by atoms with E-state index >= 15 is 0 Å². The molecule has 3 heterocycles. The van der Waals surface area contributed by atoms with Crippen LogP contribution in [0.3, 0.4) is 0 Å². The fourth-order valence-corrected chi connectivity index (χ4v) is 3.61. The first-order valence-electron chi connectivity index (χ1n) is 8.42. The highest BCUT2D eigenvalue weighted by Gasteiger charge is 2.14. The zero-order valence-corrected chi connectivity index (χ0v) is 15.5. The van der Waals surface area contributed by atoms with Crippen LogP contribution in [-0.4, -0.2) is 23.0 Å². The van der Waals surface area contributed by atoms with Crippen molar-refractivity contribution in [1.82, 2.24) is 15.3 Å². The number of amides is 1. The molecule has 1 amide bonds. The SMILES string of the molecule is COc1cccc(CNC(=O)c2sccc2Nc2ccnc3[nH]ccc23)c1. The number of H-pyrrole nitrogens is 1. The summed E-state index contributed by atoms with van der Waals surface area (Å²) in [4.78, 5) is 20.7. The molecule has 1 aromatic carbocycles. The van der Waals surface area contributed by atoms with Crippen LogP contribution in [0.4, 0.5) is 11.4 Å². The number of nitrogens with zero attached hydrogens (tertiary/aromatic N) is 1. The monoisotopic (exact) mass is 378 g/mol. The summed E-state index contributed by atoms with van der Waals surface area (Å²) in [6, 6.07) is 13.4. The lowest BCUT2D eigenvalue weighted by Crippen LogP contribution is -2.22. The number of thiophene rings is 1. The summed E-state index contributed by atoms with van der Waals surface area (Å²) in [5, 5.41) is 9.20. The summed E-state index contributed by atoms with van der Waals surface area (Å²) in [5.74, 6) is 0.656. The number of nitrogens with one attached hydrogen (secondary N) is 3. The largest absolute Gasteiger partial charge is 0.497 e. The van der Waals surface area contributed by atoms with Gasteiger partial charge in [-0.2, -0.15) is 0 Å². The molecule has 0 aliphatic heterocycles. The number of methoxy groups -OCH3 is 1. The van der Waals surface area contributed by atoms with Gasteiger partial charge in [-0.3, -0.25) is 4.79 Å². The van der Waals surface area contributed by atoms with Gasteiger partial charge >= 0.3 is 0 Å². The molecule has 0 aliphatic rings. The first-order valence-corrected chi connectivity index (χ1v) is 9.30. The Morgan fingerprint density at radius 2 is 2.15 bits per heavy atom. The number of rotatable bonds is 6. The molecular formula is C20H18N4O2S. The van der Waals surface area contributed by atoms with Crippen molar-refractivity contribution in [2.75, 3.05) is 12.4 Å². The van der Waals surface area contributed by atoms with Gasteiger partial charge in [-0.1, -0.05) is 12.1 Å². The van der Waals surface area contributed by atoms with Gasteiger partial charge in [-0.15, -0.1) is 11.3 Å². The number of carbonyl (C=O) groups excluding carboxylic acids is 1. The maximum Gasteiger partial charge on any atom is 0.263 e. The Bertz CT molecular complexity index is 1090. The first kappa shape index (κ1) is 17.1. The van der Waals surface area contributed by atoms with Crippen LogP contribution in [0.5, 0.6) is 5.75 Å². The Hall–Kier alpha value is -3.32. The molecule has 4 rings (SSSR count). The van der Waals surface area contributed by atoms with Gasteiger partial charge in [-0.25, -0.2) is 4.98 Å². The molecule has 4 aromatic rings. The number of pyridine rings is 1. The fraction of sp³-hybridized carbons (Fsp3) is 0.100. The van der Waals surface area contributed by atoms with E-state index < -0.39 is 0 Å². The number of aromatic nitrogens is 2. The zero-order valence-electron chi connectivity index (χ0n) is 14.7. The summed E-state index contributed by atoms with van der Waals surface area (Å²) in [5.41, 5.74) is 3.47. The second-order valence-corrected chi connectivity index (χ2v) is 6.84. The summed E-state index contributed by atoms with van der Waals surface area (Å²) < 4.78 is 5.22. The molecule has 3 N–H and O–H groups in total. The van der Waals surface area contributed by atoms with Crippen LogP contribution in [0.25, 0.3) is 11.0 Å². The van der Waals surface area contributed by atoms with E-state index in [1.807, 2.05) is 54.0 Å². The second-order valence-electron chi connectivity index (χ2n) is 5.92. The summed E-state index contributed by atoms with van der Waals surface area (Å²) in [6.07, 6.45) is 3.58. The van der Waals surface area contributed by atoms with Gasteiger partial charge in [0.2, 0.25) is 0 Å². The van der Waals surface area contributed by atoms with Gasteiger partial charge in [0.15, 0.2) is 0 Å². The van der Waals surface area contributed by atoms with Crippen molar-refractivity contribution in [1.29, 1.82) is 0 Å². The molecule has 3 aromatic heterocycles. The standard InChI is InChI=1S/C20H18N4O2S/c1-26-14-4-2-3-13(11-14)12-23-20(25)18-17(7-10-27-18)24-16-6-9-22-19-15(16)5-8-21-19/h2-11H,12H2,1H3,(H,23,25)(H2,21,22,24). The molecule has 0 radical (unpaired) electrons. The molecule has 0 atom stereocenters. The van der Waals surface area contributed by atoms with Gasteiger partial charge in [0.25, 0.3) is 5.91 Å². The van der Waals surface area contributed by atoms with E-state index in [9.17, 15) is 4.79 Å². The van der Waals surface area contributed by atoms with Gasteiger partial charge in [-0.05, 0) is 41.3 Å². The molecule has 0 fully saturated rings. The zero-order chi connectivity index (χ0) is 18.6. The summed E-state index contributed by atoms with van der Waals surface area (Å²) >= 11 is 1.40. The number of benzene rings is 1. The van der Waals surface area contributed by atoms with Crippen molar-refractivity contribution in [3.05, 3.63) is 70.7 Å². The van der Waals surface area contributed by atoms with E-state index in [-0.39, 0.29) is 5.91 Å². The van der Waals surface area contributed by atoms with Gasteiger partial charge in [0, 0.05) is 24.3 Å².